The van der Waals surface area contributed by atoms with Crippen LogP contribution in [0.5, 0.6) is 11.6 Å². The lowest BCUT2D eigenvalue weighted by atomic mass is 10.3. The lowest BCUT2D eigenvalue weighted by molar-refractivity contribution is 0.0686. The van der Waals surface area contributed by atoms with E-state index in [2.05, 4.69) is 9.97 Å². The van der Waals surface area contributed by atoms with E-state index in [1.165, 1.54) is 30.6 Å². The molecule has 1 aromatic heterocycles. The molecular weight excluding hydrogens is 227 g/mol. The van der Waals surface area contributed by atoms with Crippen LogP contribution in [0.2, 0.25) is 0 Å². The van der Waals surface area contributed by atoms with Crippen LogP contribution in [0.1, 0.15) is 10.5 Å². The van der Waals surface area contributed by atoms with Crippen molar-refractivity contribution >= 4 is 5.97 Å². The third-order valence-corrected chi connectivity index (χ3v) is 1.91. The second-order valence-electron chi connectivity index (χ2n) is 3.05. The maximum Gasteiger partial charge on any atom is 0.360 e. The largest absolute Gasteiger partial charge is 0.476 e. The Hall–Kier alpha value is -2.50. The number of halogens is 1. The van der Waals surface area contributed by atoms with Crippen LogP contribution in [0.3, 0.4) is 0 Å². The molecule has 1 aromatic carbocycles. The molecule has 0 aliphatic heterocycles. The van der Waals surface area contributed by atoms with Crippen molar-refractivity contribution in [3.63, 3.8) is 0 Å². The number of para-hydroxylation sites is 1. The predicted octanol–water partition coefficient (Wildman–Crippen LogP) is 2.11. The molecule has 1 heterocycles. The highest BCUT2D eigenvalue weighted by atomic mass is 19.1. The summed E-state index contributed by atoms with van der Waals surface area (Å²) >= 11 is 0. The van der Waals surface area contributed by atoms with Crippen molar-refractivity contribution in [2.24, 2.45) is 0 Å². The number of carboxylic acids is 1. The molecule has 0 saturated carbocycles. The molecule has 0 atom stereocenters. The molecule has 0 aliphatic carbocycles. The van der Waals surface area contributed by atoms with E-state index in [4.69, 9.17) is 9.84 Å². The van der Waals surface area contributed by atoms with E-state index >= 15 is 0 Å². The highest BCUT2D eigenvalue weighted by Gasteiger charge is 2.15. The van der Waals surface area contributed by atoms with Crippen LogP contribution in [0.4, 0.5) is 4.39 Å². The summed E-state index contributed by atoms with van der Waals surface area (Å²) < 4.78 is 18.4. The minimum absolute atomic E-state index is 0.101. The van der Waals surface area contributed by atoms with Crippen LogP contribution < -0.4 is 4.74 Å². The monoisotopic (exact) mass is 234 g/mol. The van der Waals surface area contributed by atoms with Gasteiger partial charge in [0.05, 0.1) is 0 Å². The number of carbonyl (C=O) groups is 1. The Balaban J connectivity index is 2.37. The zero-order valence-corrected chi connectivity index (χ0v) is 8.50. The highest BCUT2D eigenvalue weighted by Crippen LogP contribution is 2.23. The number of aromatic nitrogens is 2. The quantitative estimate of drug-likeness (QED) is 0.880. The van der Waals surface area contributed by atoms with E-state index in [1.54, 1.807) is 6.07 Å². The first-order valence-corrected chi connectivity index (χ1v) is 4.65. The minimum Gasteiger partial charge on any atom is -0.476 e. The fourth-order valence-corrected chi connectivity index (χ4v) is 1.18. The van der Waals surface area contributed by atoms with E-state index < -0.39 is 11.8 Å². The first-order chi connectivity index (χ1) is 8.18. The van der Waals surface area contributed by atoms with Gasteiger partial charge in [-0.2, -0.15) is 0 Å². The summed E-state index contributed by atoms with van der Waals surface area (Å²) in [6, 6.07) is 5.63. The molecule has 0 unspecified atom stereocenters. The Morgan fingerprint density at radius 1 is 1.24 bits per heavy atom. The average molecular weight is 234 g/mol. The summed E-state index contributed by atoms with van der Waals surface area (Å²) in [4.78, 5) is 18.1. The van der Waals surface area contributed by atoms with Gasteiger partial charge < -0.3 is 9.84 Å². The van der Waals surface area contributed by atoms with E-state index in [0.29, 0.717) is 0 Å². The fraction of sp³-hybridized carbons (Fsp3) is 0. The number of aromatic carboxylic acids is 1. The van der Waals surface area contributed by atoms with Crippen LogP contribution in [0.15, 0.2) is 36.7 Å². The predicted molar refractivity (Wildman–Crippen MR) is 55.5 cm³/mol. The number of ether oxygens (including phenoxy) is 1. The van der Waals surface area contributed by atoms with Gasteiger partial charge in [0, 0.05) is 12.4 Å². The molecule has 2 aromatic rings. The first kappa shape index (κ1) is 11.0. The van der Waals surface area contributed by atoms with Crippen molar-refractivity contribution in [3.05, 3.63) is 48.2 Å². The summed E-state index contributed by atoms with van der Waals surface area (Å²) in [5, 5.41) is 8.84. The molecule has 0 amide bonds. The van der Waals surface area contributed by atoms with Gasteiger partial charge in [-0.3, -0.25) is 0 Å². The summed E-state index contributed by atoms with van der Waals surface area (Å²) in [6.07, 6.45) is 2.49. The van der Waals surface area contributed by atoms with Crippen molar-refractivity contribution in [1.82, 2.24) is 9.97 Å². The van der Waals surface area contributed by atoms with Gasteiger partial charge in [-0.15, -0.1) is 0 Å². The van der Waals surface area contributed by atoms with Gasteiger partial charge >= 0.3 is 5.97 Å². The maximum absolute atomic E-state index is 13.3. The Labute approximate surface area is 95.5 Å². The molecule has 0 bridgehead atoms. The molecule has 1 N–H and O–H groups in total. The first-order valence-electron chi connectivity index (χ1n) is 4.65. The maximum atomic E-state index is 13.3. The second-order valence-corrected chi connectivity index (χ2v) is 3.05. The Kier molecular flexibility index (Phi) is 2.95. The van der Waals surface area contributed by atoms with Gasteiger partial charge in [-0.05, 0) is 12.1 Å². The van der Waals surface area contributed by atoms with Crippen LogP contribution >= 0.6 is 0 Å². The SMILES string of the molecule is O=C(O)c1nccnc1Oc1ccccc1F. The van der Waals surface area contributed by atoms with Crippen LogP contribution in [-0.2, 0) is 0 Å². The zero-order valence-electron chi connectivity index (χ0n) is 8.50. The van der Waals surface area contributed by atoms with Crippen molar-refractivity contribution in [3.8, 4) is 11.6 Å². The Morgan fingerprint density at radius 2 is 1.94 bits per heavy atom. The molecule has 0 saturated heterocycles. The van der Waals surface area contributed by atoms with Gasteiger partial charge in [0.1, 0.15) is 0 Å². The number of nitrogens with zero attached hydrogens (tertiary/aromatic N) is 2. The molecule has 0 spiro atoms. The Morgan fingerprint density at radius 3 is 2.65 bits per heavy atom. The fourth-order valence-electron chi connectivity index (χ4n) is 1.18. The van der Waals surface area contributed by atoms with E-state index in [1.807, 2.05) is 0 Å². The van der Waals surface area contributed by atoms with Crippen molar-refractivity contribution in [2.75, 3.05) is 0 Å². The molecule has 86 valence electrons. The van der Waals surface area contributed by atoms with Crippen LogP contribution in [0, 0.1) is 5.82 Å². The third-order valence-electron chi connectivity index (χ3n) is 1.91. The lowest BCUT2D eigenvalue weighted by Gasteiger charge is -2.06. The molecule has 2 rings (SSSR count). The van der Waals surface area contributed by atoms with Gasteiger partial charge in [0.25, 0.3) is 5.88 Å². The van der Waals surface area contributed by atoms with Crippen LogP contribution in [0.25, 0.3) is 0 Å². The summed E-state index contributed by atoms with van der Waals surface area (Å²) in [7, 11) is 0. The molecule has 0 radical (unpaired) electrons. The molecule has 5 nitrogen and oxygen atoms in total. The van der Waals surface area contributed by atoms with E-state index in [9.17, 15) is 9.18 Å². The number of hydrogen-bond donors (Lipinski definition) is 1. The standard InChI is InChI=1S/C11H7FN2O3/c12-7-3-1-2-4-8(7)17-10-9(11(15)16)13-5-6-14-10/h1-6H,(H,15,16). The van der Waals surface area contributed by atoms with E-state index in [0.717, 1.165) is 0 Å². The zero-order chi connectivity index (χ0) is 12.3. The van der Waals surface area contributed by atoms with Crippen molar-refractivity contribution < 1.29 is 19.0 Å². The number of benzene rings is 1. The van der Waals surface area contributed by atoms with Gasteiger partial charge in [0.15, 0.2) is 11.6 Å². The normalized spacial score (nSPS) is 9.94. The lowest BCUT2D eigenvalue weighted by Crippen LogP contribution is -2.05. The van der Waals surface area contributed by atoms with E-state index in [-0.39, 0.29) is 17.3 Å². The number of hydrogen-bond acceptors (Lipinski definition) is 4. The smallest absolute Gasteiger partial charge is 0.360 e. The summed E-state index contributed by atoms with van der Waals surface area (Å²) in [5.41, 5.74) is -0.365. The summed E-state index contributed by atoms with van der Waals surface area (Å²) in [5.74, 6) is -2.24. The third kappa shape index (κ3) is 2.36. The Bertz CT molecular complexity index is 560. The molecular formula is C11H7FN2O3. The molecule has 17 heavy (non-hydrogen) atoms. The van der Waals surface area contributed by atoms with Crippen LogP contribution in [-0.4, -0.2) is 21.0 Å². The number of rotatable bonds is 3. The average Bonchev–Trinajstić information content (AvgIpc) is 2.32. The van der Waals surface area contributed by atoms with Gasteiger partial charge in [-0.1, -0.05) is 12.1 Å². The highest BCUT2D eigenvalue weighted by molar-refractivity contribution is 5.87. The minimum atomic E-state index is -1.29. The van der Waals surface area contributed by atoms with Gasteiger partial charge in [-0.25, -0.2) is 19.2 Å². The van der Waals surface area contributed by atoms with Gasteiger partial charge in [0.2, 0.25) is 5.69 Å². The molecule has 6 heteroatoms. The number of carboxylic acid groups (broad SMARTS) is 1. The molecule has 0 fully saturated rings. The topological polar surface area (TPSA) is 72.3 Å². The van der Waals surface area contributed by atoms with Crippen molar-refractivity contribution in [1.29, 1.82) is 0 Å². The molecule has 0 aliphatic rings. The van der Waals surface area contributed by atoms with Crippen molar-refractivity contribution in [2.45, 2.75) is 0 Å². The second kappa shape index (κ2) is 4.56. The summed E-state index contributed by atoms with van der Waals surface area (Å²) in [6.45, 7) is 0.